The number of hydrogen-bond acceptors (Lipinski definition) is 5. The lowest BCUT2D eigenvalue weighted by atomic mass is 10.1. The molecule has 2 aromatic carbocycles. The van der Waals surface area contributed by atoms with Crippen LogP contribution in [0.4, 0.5) is 13.2 Å². The Morgan fingerprint density at radius 2 is 1.86 bits per heavy atom. The van der Waals surface area contributed by atoms with E-state index in [2.05, 4.69) is 9.73 Å². The first-order valence-corrected chi connectivity index (χ1v) is 11.6. The molecule has 36 heavy (non-hydrogen) atoms. The fourth-order valence-corrected chi connectivity index (χ4v) is 4.58. The molecule has 2 heterocycles. The van der Waals surface area contributed by atoms with Crippen LogP contribution in [0.2, 0.25) is 5.02 Å². The number of halogens is 4. The number of nitrogens with zero attached hydrogens (tertiary/aromatic N) is 3. The molecule has 0 unspecified atom stereocenters. The summed E-state index contributed by atoms with van der Waals surface area (Å²) in [6, 6.07) is 8.40. The molecule has 2 aliphatic heterocycles. The average molecular weight is 525 g/mol. The maximum atomic E-state index is 12.9. The molecular formula is C24H24ClF3N4O4. The lowest BCUT2D eigenvalue weighted by Gasteiger charge is -2.28. The second-order valence-electron chi connectivity index (χ2n) is 8.74. The van der Waals surface area contributed by atoms with Gasteiger partial charge in [-0.2, -0.15) is 4.99 Å². The highest BCUT2D eigenvalue weighted by atomic mass is 35.5. The Hall–Kier alpha value is -3.15. The van der Waals surface area contributed by atoms with Gasteiger partial charge in [-0.1, -0.05) is 23.7 Å². The maximum Gasteiger partial charge on any atom is 0.573 e. The van der Waals surface area contributed by atoms with Crippen LogP contribution >= 0.6 is 11.6 Å². The monoisotopic (exact) mass is 524 g/mol. The van der Waals surface area contributed by atoms with E-state index in [0.29, 0.717) is 48.2 Å². The lowest BCUT2D eigenvalue weighted by molar-refractivity contribution is -0.274. The average Bonchev–Trinajstić information content (AvgIpc) is 3.11. The molecule has 2 aliphatic rings. The molecule has 0 aliphatic carbocycles. The van der Waals surface area contributed by atoms with Crippen LogP contribution < -0.4 is 10.5 Å². The third kappa shape index (κ3) is 6.34. The SMILES string of the molecule is NC(=NC(=O)CN1CCC(O)CC1)c1cc(Cl)c2c(c1)CN(Cc1ccc(OC(F)(F)F)cc1)C2=O. The molecule has 192 valence electrons. The zero-order valence-corrected chi connectivity index (χ0v) is 19.8. The van der Waals surface area contributed by atoms with Crippen molar-refractivity contribution < 1.29 is 32.6 Å². The number of fused-ring (bicyclic) bond motifs is 1. The number of alkyl halides is 3. The highest BCUT2D eigenvalue weighted by Crippen LogP contribution is 2.32. The van der Waals surface area contributed by atoms with Crippen LogP contribution in [0.1, 0.15) is 39.9 Å². The summed E-state index contributed by atoms with van der Waals surface area (Å²) in [6.07, 6.45) is -3.93. The molecule has 0 radical (unpaired) electrons. The fraction of sp³-hybridized carbons (Fsp3) is 0.375. The third-order valence-electron chi connectivity index (χ3n) is 6.02. The van der Waals surface area contributed by atoms with E-state index in [9.17, 15) is 27.9 Å². The summed E-state index contributed by atoms with van der Waals surface area (Å²) in [6.45, 7) is 1.65. The van der Waals surface area contributed by atoms with E-state index in [0.717, 1.165) is 0 Å². The number of carbonyl (C=O) groups excluding carboxylic acids is 2. The zero-order chi connectivity index (χ0) is 26.0. The van der Waals surface area contributed by atoms with Crippen molar-refractivity contribution in [2.24, 2.45) is 10.7 Å². The summed E-state index contributed by atoms with van der Waals surface area (Å²) in [5.41, 5.74) is 7.99. The van der Waals surface area contributed by atoms with E-state index in [1.807, 2.05) is 4.90 Å². The normalized spacial score (nSPS) is 17.4. The lowest BCUT2D eigenvalue weighted by Crippen LogP contribution is -2.39. The highest BCUT2D eigenvalue weighted by molar-refractivity contribution is 6.34. The van der Waals surface area contributed by atoms with Gasteiger partial charge in [0.15, 0.2) is 0 Å². The highest BCUT2D eigenvalue weighted by Gasteiger charge is 2.32. The number of aliphatic hydroxyl groups excluding tert-OH is 1. The van der Waals surface area contributed by atoms with Crippen LogP contribution in [-0.4, -0.2) is 64.7 Å². The van der Waals surface area contributed by atoms with E-state index in [4.69, 9.17) is 17.3 Å². The number of hydrogen-bond donors (Lipinski definition) is 2. The molecule has 12 heteroatoms. The maximum absolute atomic E-state index is 12.9. The molecule has 3 N–H and O–H groups in total. The van der Waals surface area contributed by atoms with Gasteiger partial charge in [-0.25, -0.2) is 0 Å². The van der Waals surface area contributed by atoms with Crippen molar-refractivity contribution in [3.63, 3.8) is 0 Å². The Morgan fingerprint density at radius 1 is 1.19 bits per heavy atom. The Labute approximate surface area is 210 Å². The molecule has 0 spiro atoms. The van der Waals surface area contributed by atoms with Gasteiger partial charge in [0.25, 0.3) is 11.8 Å². The van der Waals surface area contributed by atoms with Crippen molar-refractivity contribution in [2.75, 3.05) is 19.6 Å². The second kappa shape index (κ2) is 10.5. The summed E-state index contributed by atoms with van der Waals surface area (Å²) in [4.78, 5) is 32.6. The molecule has 0 atom stereocenters. The number of piperidine rings is 1. The number of amides is 2. The van der Waals surface area contributed by atoms with Crippen molar-refractivity contribution in [2.45, 2.75) is 38.4 Å². The number of nitrogens with two attached hydrogens (primary N) is 1. The van der Waals surface area contributed by atoms with E-state index in [1.165, 1.54) is 35.2 Å². The van der Waals surface area contributed by atoms with Crippen LogP contribution in [-0.2, 0) is 17.9 Å². The molecule has 1 saturated heterocycles. The molecule has 0 aromatic heterocycles. The van der Waals surface area contributed by atoms with Gasteiger partial charge in [0.1, 0.15) is 11.6 Å². The molecule has 8 nitrogen and oxygen atoms in total. The molecule has 1 fully saturated rings. The van der Waals surface area contributed by atoms with Crippen LogP contribution in [0, 0.1) is 0 Å². The van der Waals surface area contributed by atoms with Gasteiger partial charge in [-0.15, -0.1) is 13.2 Å². The largest absolute Gasteiger partial charge is 0.573 e. The van der Waals surface area contributed by atoms with Gasteiger partial charge >= 0.3 is 6.36 Å². The van der Waals surface area contributed by atoms with Crippen LogP contribution in [0.3, 0.4) is 0 Å². The fourth-order valence-electron chi connectivity index (χ4n) is 4.26. The van der Waals surface area contributed by atoms with Gasteiger partial charge in [0.2, 0.25) is 0 Å². The number of aliphatic hydroxyl groups is 1. The van der Waals surface area contributed by atoms with Crippen molar-refractivity contribution in [3.05, 3.63) is 63.7 Å². The predicted molar refractivity (Wildman–Crippen MR) is 126 cm³/mol. The van der Waals surface area contributed by atoms with Crippen molar-refractivity contribution in [1.29, 1.82) is 0 Å². The van der Waals surface area contributed by atoms with E-state index < -0.39 is 12.3 Å². The Bertz CT molecular complexity index is 1180. The zero-order valence-electron chi connectivity index (χ0n) is 19.1. The third-order valence-corrected chi connectivity index (χ3v) is 6.32. The van der Waals surface area contributed by atoms with Crippen LogP contribution in [0.5, 0.6) is 5.75 Å². The quantitative estimate of drug-likeness (QED) is 0.444. The number of ether oxygens (including phenoxy) is 1. The summed E-state index contributed by atoms with van der Waals surface area (Å²) in [5.74, 6) is -1.11. The van der Waals surface area contributed by atoms with Gasteiger partial charge in [0.05, 0.1) is 23.2 Å². The first kappa shape index (κ1) is 25.9. The molecule has 0 bridgehead atoms. The molecular weight excluding hydrogens is 501 g/mol. The van der Waals surface area contributed by atoms with Gasteiger partial charge in [-0.05, 0) is 48.2 Å². The molecule has 2 amide bonds. The van der Waals surface area contributed by atoms with Gasteiger partial charge < -0.3 is 20.5 Å². The first-order valence-electron chi connectivity index (χ1n) is 11.2. The standard InChI is InChI=1S/C24H24ClF3N4O4/c25-19-10-15(22(29)30-20(34)13-31-7-5-17(33)6-8-31)9-16-12-32(23(35)21(16)19)11-14-1-3-18(4-2-14)36-24(26,27)28/h1-4,9-10,17,33H,5-8,11-13H2,(H2,29,30,34). The van der Waals surface area contributed by atoms with E-state index >= 15 is 0 Å². The molecule has 2 aromatic rings. The van der Waals surface area contributed by atoms with Crippen LogP contribution in [0.25, 0.3) is 0 Å². The Morgan fingerprint density at radius 3 is 2.50 bits per heavy atom. The Balaban J connectivity index is 1.43. The van der Waals surface area contributed by atoms with Crippen LogP contribution in [0.15, 0.2) is 41.4 Å². The topological polar surface area (TPSA) is 108 Å². The minimum Gasteiger partial charge on any atom is -0.406 e. The Kier molecular flexibility index (Phi) is 7.53. The number of carbonyl (C=O) groups is 2. The second-order valence-corrected chi connectivity index (χ2v) is 9.15. The summed E-state index contributed by atoms with van der Waals surface area (Å²) in [5, 5.41) is 9.75. The number of benzene rings is 2. The molecule has 4 rings (SSSR count). The summed E-state index contributed by atoms with van der Waals surface area (Å²) >= 11 is 6.37. The van der Waals surface area contributed by atoms with Crippen molar-refractivity contribution in [3.8, 4) is 5.75 Å². The van der Waals surface area contributed by atoms with E-state index in [1.54, 1.807) is 6.07 Å². The number of rotatable bonds is 6. The molecule has 0 saturated carbocycles. The number of aliphatic imine (C=N–C) groups is 1. The summed E-state index contributed by atoms with van der Waals surface area (Å²) in [7, 11) is 0. The van der Waals surface area contributed by atoms with Gasteiger partial charge in [-0.3, -0.25) is 14.5 Å². The number of amidine groups is 1. The van der Waals surface area contributed by atoms with Crippen molar-refractivity contribution in [1.82, 2.24) is 9.80 Å². The predicted octanol–water partition coefficient (Wildman–Crippen LogP) is 3.08. The minimum absolute atomic E-state index is 0.0205. The smallest absolute Gasteiger partial charge is 0.406 e. The number of likely N-dealkylation sites (tertiary alicyclic amines) is 1. The van der Waals surface area contributed by atoms with E-state index in [-0.39, 0.29) is 48.3 Å². The van der Waals surface area contributed by atoms with Crippen molar-refractivity contribution >= 4 is 29.3 Å². The minimum atomic E-state index is -4.78. The van der Waals surface area contributed by atoms with Gasteiger partial charge in [0, 0.05) is 31.7 Å². The summed E-state index contributed by atoms with van der Waals surface area (Å²) < 4.78 is 40.9. The first-order chi connectivity index (χ1) is 17.0.